The van der Waals surface area contributed by atoms with Crippen LogP contribution in [-0.4, -0.2) is 74.1 Å². The largest absolute Gasteiger partial charge is 0.461 e. The average molecular weight is 557 g/mol. The lowest BCUT2D eigenvalue weighted by Gasteiger charge is -2.34. The number of aromatic nitrogens is 5. The topological polar surface area (TPSA) is 96.4 Å². The highest BCUT2D eigenvalue weighted by molar-refractivity contribution is 5.81. The van der Waals surface area contributed by atoms with Crippen LogP contribution in [-0.2, 0) is 19.6 Å². The first-order chi connectivity index (χ1) is 20.0. The third-order valence-corrected chi connectivity index (χ3v) is 7.79. The Morgan fingerprint density at radius 2 is 1.85 bits per heavy atom. The molecule has 0 spiro atoms. The molecule has 0 bridgehead atoms. The molecule has 1 saturated heterocycles. The second-order valence-corrected chi connectivity index (χ2v) is 10.6. The number of benzene rings is 1. The van der Waals surface area contributed by atoms with Gasteiger partial charge in [-0.05, 0) is 44.2 Å². The number of piperazine rings is 1. The van der Waals surface area contributed by atoms with E-state index in [9.17, 15) is 4.79 Å². The molecule has 0 amide bonds. The van der Waals surface area contributed by atoms with Crippen LogP contribution in [0, 0.1) is 12.7 Å². The van der Waals surface area contributed by atoms with Crippen molar-refractivity contribution >= 4 is 27.8 Å². The maximum absolute atomic E-state index is 15.3. The van der Waals surface area contributed by atoms with Crippen LogP contribution >= 0.6 is 0 Å². The summed E-state index contributed by atoms with van der Waals surface area (Å²) in [7, 11) is 2.06. The molecule has 0 aliphatic carbocycles. The van der Waals surface area contributed by atoms with Crippen LogP contribution in [0.2, 0.25) is 0 Å². The van der Waals surface area contributed by atoms with E-state index in [1.54, 1.807) is 31.0 Å². The molecule has 0 saturated carbocycles. The molecule has 0 unspecified atom stereocenters. The van der Waals surface area contributed by atoms with Crippen molar-refractivity contribution in [3.8, 4) is 0 Å². The fraction of sp³-hybridized carbons (Fsp3) is 0.367. The van der Waals surface area contributed by atoms with E-state index in [0.29, 0.717) is 48.8 Å². The first-order valence-electron chi connectivity index (χ1n) is 13.9. The highest BCUT2D eigenvalue weighted by atomic mass is 19.1. The van der Waals surface area contributed by atoms with E-state index < -0.39 is 5.82 Å². The molecule has 5 heterocycles. The lowest BCUT2D eigenvalue weighted by atomic mass is 10.1. The zero-order valence-electron chi connectivity index (χ0n) is 23.3. The van der Waals surface area contributed by atoms with Crippen molar-refractivity contribution in [2.24, 2.45) is 0 Å². The van der Waals surface area contributed by atoms with E-state index in [2.05, 4.69) is 36.8 Å². The molecule has 1 aromatic carbocycles. The first kappa shape index (κ1) is 27.0. The lowest BCUT2D eigenvalue weighted by molar-refractivity contribution is 0.245. The summed E-state index contributed by atoms with van der Waals surface area (Å²) < 4.78 is 23.5. The molecule has 11 heteroatoms. The van der Waals surface area contributed by atoms with E-state index in [1.807, 2.05) is 28.5 Å². The third-order valence-electron chi connectivity index (χ3n) is 7.79. The van der Waals surface area contributed by atoms with Gasteiger partial charge in [-0.1, -0.05) is 0 Å². The molecule has 41 heavy (non-hydrogen) atoms. The van der Waals surface area contributed by atoms with Gasteiger partial charge in [0.2, 0.25) is 0 Å². The van der Waals surface area contributed by atoms with Gasteiger partial charge in [0.05, 0.1) is 29.2 Å². The van der Waals surface area contributed by atoms with Gasteiger partial charge in [0.1, 0.15) is 29.0 Å². The number of fused-ring (bicyclic) bond motifs is 2. The van der Waals surface area contributed by atoms with Crippen molar-refractivity contribution in [3.05, 3.63) is 88.4 Å². The second kappa shape index (κ2) is 11.7. The molecule has 1 fully saturated rings. The second-order valence-electron chi connectivity index (χ2n) is 10.6. The van der Waals surface area contributed by atoms with E-state index in [4.69, 9.17) is 4.42 Å². The Bertz CT molecular complexity index is 1710. The van der Waals surface area contributed by atoms with Crippen LogP contribution in [0.5, 0.6) is 0 Å². The molecular formula is C30H33FN8O2. The van der Waals surface area contributed by atoms with Gasteiger partial charge in [-0.2, -0.15) is 0 Å². The van der Waals surface area contributed by atoms with Crippen molar-refractivity contribution in [1.29, 1.82) is 0 Å². The minimum absolute atomic E-state index is 0.190. The van der Waals surface area contributed by atoms with Gasteiger partial charge in [0.15, 0.2) is 11.1 Å². The number of imidazole rings is 1. The molecular weight excluding hydrogens is 523 g/mol. The molecule has 0 atom stereocenters. The Balaban J connectivity index is 1.25. The van der Waals surface area contributed by atoms with Crippen LogP contribution in [0.15, 0.2) is 64.7 Å². The number of hydrogen-bond acceptors (Lipinski definition) is 9. The van der Waals surface area contributed by atoms with Gasteiger partial charge in [-0.3, -0.25) is 14.7 Å². The molecule has 10 nitrogen and oxygen atoms in total. The first-order valence-corrected chi connectivity index (χ1v) is 13.9. The standard InChI is InChI=1S/C30H33FN8O2/c1-21-24(29(40)23-14-25(31)27(15-28(23)41-21)38-12-10-36(2)11-13-38)18-37(17-22-4-6-32-7-5-22)8-3-9-39-20-35-26-16-33-19-34-30(26)39/h4-7,14-16,19-20H,3,8-13,17-18H2,1-2H3. The quantitative estimate of drug-likeness (QED) is 0.270. The van der Waals surface area contributed by atoms with Crippen LogP contribution in [0.25, 0.3) is 22.1 Å². The van der Waals surface area contributed by atoms with Crippen LogP contribution < -0.4 is 10.3 Å². The Hall–Kier alpha value is -4.22. The highest BCUT2D eigenvalue weighted by Gasteiger charge is 2.22. The van der Waals surface area contributed by atoms with E-state index in [-0.39, 0.29) is 10.8 Å². The van der Waals surface area contributed by atoms with Crippen molar-refractivity contribution in [3.63, 3.8) is 0 Å². The Morgan fingerprint density at radius 3 is 2.66 bits per heavy atom. The molecule has 6 rings (SSSR count). The maximum atomic E-state index is 15.3. The van der Waals surface area contributed by atoms with Crippen LogP contribution in [0.3, 0.4) is 0 Å². The van der Waals surface area contributed by atoms with Gasteiger partial charge in [0, 0.05) is 70.8 Å². The third kappa shape index (κ3) is 5.82. The van der Waals surface area contributed by atoms with Crippen molar-refractivity contribution in [2.75, 3.05) is 44.7 Å². The van der Waals surface area contributed by atoms with Gasteiger partial charge < -0.3 is 18.8 Å². The number of hydrogen-bond donors (Lipinski definition) is 0. The summed E-state index contributed by atoms with van der Waals surface area (Å²) in [6.07, 6.45) is 9.34. The number of pyridine rings is 1. The number of likely N-dealkylation sites (N-methyl/N-ethyl adjacent to an activating group) is 1. The van der Waals surface area contributed by atoms with Crippen molar-refractivity contribution in [1.82, 2.24) is 34.3 Å². The summed E-state index contributed by atoms with van der Waals surface area (Å²) in [5.41, 5.74) is 3.90. The SMILES string of the molecule is Cc1oc2cc(N3CCN(C)CC3)c(F)cc2c(=O)c1CN(CCCn1cnc2cncnc21)Cc1ccncc1. The minimum atomic E-state index is -0.394. The summed E-state index contributed by atoms with van der Waals surface area (Å²) in [5, 5.41) is 0.273. The summed E-state index contributed by atoms with van der Waals surface area (Å²) in [4.78, 5) is 37.1. The Kier molecular flexibility index (Phi) is 7.71. The molecule has 1 aliphatic heterocycles. The number of rotatable bonds is 9. The van der Waals surface area contributed by atoms with Crippen LogP contribution in [0.4, 0.5) is 10.1 Å². The molecule has 0 N–H and O–H groups in total. The fourth-order valence-corrected chi connectivity index (χ4v) is 5.45. The molecule has 1 aliphatic rings. The predicted octanol–water partition coefficient (Wildman–Crippen LogP) is 3.62. The molecule has 4 aromatic heterocycles. The number of anilines is 1. The Morgan fingerprint density at radius 1 is 1.05 bits per heavy atom. The summed E-state index contributed by atoms with van der Waals surface area (Å²) in [5.74, 6) is 0.157. The van der Waals surface area contributed by atoms with E-state index in [0.717, 1.165) is 49.3 Å². The van der Waals surface area contributed by atoms with Gasteiger partial charge in [0.25, 0.3) is 0 Å². The van der Waals surface area contributed by atoms with E-state index in [1.165, 1.54) is 12.4 Å². The van der Waals surface area contributed by atoms with Crippen molar-refractivity contribution < 1.29 is 8.81 Å². The monoisotopic (exact) mass is 556 g/mol. The van der Waals surface area contributed by atoms with Gasteiger partial charge >= 0.3 is 0 Å². The number of halogens is 1. The lowest BCUT2D eigenvalue weighted by Crippen LogP contribution is -2.44. The normalized spacial score (nSPS) is 14.5. The van der Waals surface area contributed by atoms with Gasteiger partial charge in [-0.15, -0.1) is 0 Å². The molecule has 5 aromatic rings. The van der Waals surface area contributed by atoms with Crippen LogP contribution in [0.1, 0.15) is 23.3 Å². The molecule has 212 valence electrons. The zero-order chi connectivity index (χ0) is 28.3. The fourth-order valence-electron chi connectivity index (χ4n) is 5.45. The predicted molar refractivity (Wildman–Crippen MR) is 155 cm³/mol. The average Bonchev–Trinajstić information content (AvgIpc) is 3.39. The summed E-state index contributed by atoms with van der Waals surface area (Å²) >= 11 is 0. The molecule has 0 radical (unpaired) electrons. The summed E-state index contributed by atoms with van der Waals surface area (Å²) in [6, 6.07) is 6.97. The summed E-state index contributed by atoms with van der Waals surface area (Å²) in [6.45, 7) is 7.42. The Labute approximate surface area is 237 Å². The number of nitrogens with zero attached hydrogens (tertiary/aromatic N) is 8. The van der Waals surface area contributed by atoms with Crippen molar-refractivity contribution in [2.45, 2.75) is 33.0 Å². The van der Waals surface area contributed by atoms with Gasteiger partial charge in [-0.25, -0.2) is 19.3 Å². The maximum Gasteiger partial charge on any atom is 0.197 e. The number of aryl methyl sites for hydroxylation is 2. The minimum Gasteiger partial charge on any atom is -0.461 e. The van der Waals surface area contributed by atoms with E-state index >= 15 is 4.39 Å². The highest BCUT2D eigenvalue weighted by Crippen LogP contribution is 2.27. The smallest absolute Gasteiger partial charge is 0.197 e. The zero-order valence-corrected chi connectivity index (χ0v) is 23.3.